The highest BCUT2D eigenvalue weighted by molar-refractivity contribution is 7.87. The number of thiocarbonyl (C=S) groups is 1. The van der Waals surface area contributed by atoms with Gasteiger partial charge < -0.3 is 5.73 Å². The van der Waals surface area contributed by atoms with Crippen LogP contribution in [-0.4, -0.2) is 35.8 Å². The average molecular weight is 334 g/mol. The third-order valence-electron chi connectivity index (χ3n) is 4.97. The van der Waals surface area contributed by atoms with Crippen LogP contribution in [-0.2, 0) is 10.2 Å². The lowest BCUT2D eigenvalue weighted by Crippen LogP contribution is -2.62. The molecule has 0 aromatic heterocycles. The minimum atomic E-state index is -3.54. The van der Waals surface area contributed by atoms with Crippen LogP contribution < -0.4 is 10.5 Å². The fraction of sp³-hybridized carbons (Fsp3) is 0.929. The first kappa shape index (κ1) is 17.1. The van der Waals surface area contributed by atoms with E-state index in [1.54, 1.807) is 4.31 Å². The number of piperidine rings is 1. The highest BCUT2D eigenvalue weighted by atomic mass is 32.2. The van der Waals surface area contributed by atoms with E-state index < -0.39 is 15.7 Å². The molecule has 1 saturated heterocycles. The predicted octanol–water partition coefficient (Wildman–Crippen LogP) is 1.93. The molecule has 2 fully saturated rings. The lowest BCUT2D eigenvalue weighted by atomic mass is 9.78. The molecule has 2 aliphatic rings. The first-order valence-corrected chi connectivity index (χ1v) is 9.72. The summed E-state index contributed by atoms with van der Waals surface area (Å²) in [6.45, 7) is 4.74. The number of hydrogen-bond acceptors (Lipinski definition) is 3. The largest absolute Gasteiger partial charge is 0.392 e. The Kier molecular flexibility index (Phi) is 5.28. The van der Waals surface area contributed by atoms with Gasteiger partial charge in [-0.05, 0) is 51.4 Å². The van der Waals surface area contributed by atoms with Crippen molar-refractivity contribution < 1.29 is 8.42 Å². The lowest BCUT2D eigenvalue weighted by molar-refractivity contribution is 0.247. The zero-order valence-corrected chi connectivity index (χ0v) is 14.6. The van der Waals surface area contributed by atoms with Gasteiger partial charge in [-0.15, -0.1) is 0 Å². The fourth-order valence-corrected chi connectivity index (χ4v) is 5.58. The molecule has 21 heavy (non-hydrogen) atoms. The van der Waals surface area contributed by atoms with Gasteiger partial charge in [-0.2, -0.15) is 17.4 Å². The molecule has 1 aliphatic heterocycles. The molecule has 0 amide bonds. The van der Waals surface area contributed by atoms with Crippen LogP contribution in [0.2, 0.25) is 0 Å². The molecule has 0 radical (unpaired) electrons. The molecule has 1 saturated carbocycles. The molecule has 0 aromatic rings. The summed E-state index contributed by atoms with van der Waals surface area (Å²) in [5.41, 5.74) is 5.17. The van der Waals surface area contributed by atoms with Crippen molar-refractivity contribution in [2.75, 3.05) is 6.54 Å². The van der Waals surface area contributed by atoms with E-state index in [1.165, 1.54) is 0 Å². The number of nitrogens with zero attached hydrogens (tertiary/aromatic N) is 1. The molecule has 5 nitrogen and oxygen atoms in total. The SMILES string of the molecule is CC1CCC(NS(=O)(=O)N2CCCCC2C)(C(N)=S)CC1. The van der Waals surface area contributed by atoms with Gasteiger partial charge in [0, 0.05) is 12.6 Å². The Hall–Kier alpha value is -0.240. The Morgan fingerprint density at radius 1 is 1.24 bits per heavy atom. The molecule has 122 valence electrons. The van der Waals surface area contributed by atoms with Gasteiger partial charge in [0.1, 0.15) is 0 Å². The van der Waals surface area contributed by atoms with Crippen LogP contribution >= 0.6 is 12.2 Å². The zero-order valence-electron chi connectivity index (χ0n) is 13.0. The van der Waals surface area contributed by atoms with Crippen molar-refractivity contribution in [1.29, 1.82) is 0 Å². The quantitative estimate of drug-likeness (QED) is 0.771. The summed E-state index contributed by atoms with van der Waals surface area (Å²) in [6, 6.07) is 0.0437. The van der Waals surface area contributed by atoms with Crippen LogP contribution in [0.1, 0.15) is 58.8 Å². The minimum absolute atomic E-state index is 0.0437. The Labute approximate surface area is 133 Å². The summed E-state index contributed by atoms with van der Waals surface area (Å²) < 4.78 is 29.9. The third-order valence-corrected chi connectivity index (χ3v) is 7.17. The fourth-order valence-electron chi connectivity index (χ4n) is 3.39. The molecule has 0 spiro atoms. The van der Waals surface area contributed by atoms with E-state index in [4.69, 9.17) is 18.0 Å². The van der Waals surface area contributed by atoms with Crippen LogP contribution in [0.25, 0.3) is 0 Å². The van der Waals surface area contributed by atoms with Crippen molar-refractivity contribution in [1.82, 2.24) is 9.03 Å². The van der Waals surface area contributed by atoms with Crippen molar-refractivity contribution in [2.24, 2.45) is 11.7 Å². The van der Waals surface area contributed by atoms with E-state index >= 15 is 0 Å². The van der Waals surface area contributed by atoms with Gasteiger partial charge >= 0.3 is 0 Å². The second kappa shape index (κ2) is 6.48. The van der Waals surface area contributed by atoms with Crippen molar-refractivity contribution in [2.45, 2.75) is 70.4 Å². The second-order valence-corrected chi connectivity index (χ2v) is 8.75. The molecule has 0 bridgehead atoms. The summed E-state index contributed by atoms with van der Waals surface area (Å²) in [5.74, 6) is 0.603. The van der Waals surface area contributed by atoms with Gasteiger partial charge in [0.25, 0.3) is 10.2 Å². The van der Waals surface area contributed by atoms with Gasteiger partial charge in [-0.1, -0.05) is 25.6 Å². The highest BCUT2D eigenvalue weighted by Crippen LogP contribution is 2.33. The van der Waals surface area contributed by atoms with Gasteiger partial charge in [0.05, 0.1) is 10.5 Å². The number of rotatable bonds is 4. The predicted molar refractivity (Wildman–Crippen MR) is 89.2 cm³/mol. The molecule has 1 unspecified atom stereocenters. The first-order valence-electron chi connectivity index (χ1n) is 7.87. The van der Waals surface area contributed by atoms with Crippen molar-refractivity contribution in [3.63, 3.8) is 0 Å². The first-order chi connectivity index (χ1) is 9.77. The van der Waals surface area contributed by atoms with E-state index in [0.29, 0.717) is 25.3 Å². The zero-order chi connectivity index (χ0) is 15.7. The molecule has 2 rings (SSSR count). The standard InChI is InChI=1S/C14H27N3O2S2/c1-11-6-8-14(9-7-11,13(15)20)16-21(18,19)17-10-4-3-5-12(17)2/h11-12,16H,3-10H2,1-2H3,(H2,15,20). The minimum Gasteiger partial charge on any atom is -0.392 e. The molecular formula is C14H27N3O2S2. The lowest BCUT2D eigenvalue weighted by Gasteiger charge is -2.41. The summed E-state index contributed by atoms with van der Waals surface area (Å²) in [4.78, 5) is 0.280. The second-order valence-electron chi connectivity index (χ2n) is 6.69. The summed E-state index contributed by atoms with van der Waals surface area (Å²) in [6.07, 6.45) is 6.23. The van der Waals surface area contributed by atoms with Gasteiger partial charge in [-0.3, -0.25) is 0 Å². The van der Waals surface area contributed by atoms with Crippen LogP contribution in [0, 0.1) is 5.92 Å². The highest BCUT2D eigenvalue weighted by Gasteiger charge is 2.42. The summed E-state index contributed by atoms with van der Waals surface area (Å²) >= 11 is 5.20. The maximum Gasteiger partial charge on any atom is 0.280 e. The van der Waals surface area contributed by atoms with E-state index in [1.807, 2.05) is 6.92 Å². The van der Waals surface area contributed by atoms with Gasteiger partial charge in [-0.25, -0.2) is 0 Å². The van der Waals surface area contributed by atoms with Crippen molar-refractivity contribution >= 4 is 27.4 Å². The number of nitrogens with one attached hydrogen (secondary N) is 1. The third kappa shape index (κ3) is 3.75. The summed E-state index contributed by atoms with van der Waals surface area (Å²) in [5, 5.41) is 0. The van der Waals surface area contributed by atoms with Crippen molar-refractivity contribution in [3.05, 3.63) is 0 Å². The normalized spacial score (nSPS) is 35.5. The number of nitrogens with two attached hydrogens (primary N) is 1. The van der Waals surface area contributed by atoms with E-state index in [-0.39, 0.29) is 11.0 Å². The molecule has 1 aliphatic carbocycles. The van der Waals surface area contributed by atoms with Crippen LogP contribution in [0.4, 0.5) is 0 Å². The van der Waals surface area contributed by atoms with E-state index in [2.05, 4.69) is 11.6 Å². The van der Waals surface area contributed by atoms with E-state index in [9.17, 15) is 8.42 Å². The number of hydrogen-bond donors (Lipinski definition) is 2. The average Bonchev–Trinajstić information content (AvgIpc) is 2.41. The van der Waals surface area contributed by atoms with Crippen LogP contribution in [0.3, 0.4) is 0 Å². The molecule has 3 N–H and O–H groups in total. The molecule has 1 heterocycles. The summed E-state index contributed by atoms with van der Waals surface area (Å²) in [7, 11) is -3.54. The van der Waals surface area contributed by atoms with Crippen LogP contribution in [0.5, 0.6) is 0 Å². The maximum atomic E-state index is 12.8. The molecule has 0 aromatic carbocycles. The van der Waals surface area contributed by atoms with Gasteiger partial charge in [0.15, 0.2) is 0 Å². The van der Waals surface area contributed by atoms with Gasteiger partial charge in [0.2, 0.25) is 0 Å². The Morgan fingerprint density at radius 2 is 1.86 bits per heavy atom. The molecule has 7 heteroatoms. The monoisotopic (exact) mass is 333 g/mol. The molecule has 1 atom stereocenters. The Morgan fingerprint density at radius 3 is 2.38 bits per heavy atom. The Bertz CT molecular complexity index is 484. The van der Waals surface area contributed by atoms with Crippen molar-refractivity contribution in [3.8, 4) is 0 Å². The maximum absolute atomic E-state index is 12.8. The topological polar surface area (TPSA) is 75.4 Å². The molecular weight excluding hydrogens is 306 g/mol. The smallest absolute Gasteiger partial charge is 0.280 e. The van der Waals surface area contributed by atoms with E-state index in [0.717, 1.165) is 32.1 Å². The Balaban J connectivity index is 2.18. The van der Waals surface area contributed by atoms with Crippen LogP contribution in [0.15, 0.2) is 0 Å².